The Bertz CT molecular complexity index is 710. The molecule has 1 amide bonds. The van der Waals surface area contributed by atoms with Crippen molar-refractivity contribution in [3.05, 3.63) is 46.7 Å². The number of halogens is 1. The molecule has 7 heteroatoms. The van der Waals surface area contributed by atoms with Gasteiger partial charge in [0.05, 0.1) is 5.92 Å². The van der Waals surface area contributed by atoms with Crippen molar-refractivity contribution >= 4 is 29.3 Å². The molecule has 0 radical (unpaired) electrons. The minimum Gasteiger partial charge on any atom is -0.455 e. The predicted octanol–water partition coefficient (Wildman–Crippen LogP) is 3.56. The first-order valence-corrected chi connectivity index (χ1v) is 7.90. The van der Waals surface area contributed by atoms with Crippen molar-refractivity contribution in [1.82, 2.24) is 5.16 Å². The van der Waals surface area contributed by atoms with Gasteiger partial charge in [-0.3, -0.25) is 9.59 Å². The largest absolute Gasteiger partial charge is 0.455 e. The number of hydrogen-bond acceptors (Lipinski definition) is 5. The van der Waals surface area contributed by atoms with Crippen LogP contribution in [0.4, 0.5) is 5.82 Å². The zero-order valence-corrected chi connectivity index (χ0v) is 14.5. The molecule has 0 fully saturated rings. The molecule has 1 heterocycles. The van der Waals surface area contributed by atoms with Gasteiger partial charge in [-0.05, 0) is 30.5 Å². The molecular formula is C17H19ClN2O4. The molecule has 0 aliphatic carbocycles. The van der Waals surface area contributed by atoms with Gasteiger partial charge in [-0.2, -0.15) is 0 Å². The van der Waals surface area contributed by atoms with Crippen LogP contribution in [0, 0.1) is 12.8 Å². The third kappa shape index (κ3) is 4.83. The average Bonchev–Trinajstić information content (AvgIpc) is 2.92. The summed E-state index contributed by atoms with van der Waals surface area (Å²) >= 11 is 5.87. The van der Waals surface area contributed by atoms with Gasteiger partial charge in [-0.25, -0.2) is 0 Å². The standard InChI is InChI=1S/C17H19ClN2O4/c1-10(2)16(12-4-6-13(18)7-5-12)17(22)23-9-15(21)19-14-8-11(3)24-20-14/h4-8,10,16H,9H2,1-3H3,(H,19,20,21)/t16-/m0/s1. The van der Waals surface area contributed by atoms with Gasteiger partial charge in [0, 0.05) is 11.1 Å². The number of carbonyl (C=O) groups is 2. The lowest BCUT2D eigenvalue weighted by molar-refractivity contribution is -0.149. The average molecular weight is 351 g/mol. The Labute approximate surface area is 145 Å². The number of carbonyl (C=O) groups excluding carboxylic acids is 2. The van der Waals surface area contributed by atoms with Crippen LogP contribution in [0.5, 0.6) is 0 Å². The highest BCUT2D eigenvalue weighted by molar-refractivity contribution is 6.30. The van der Waals surface area contributed by atoms with E-state index in [1.54, 1.807) is 37.3 Å². The second-order valence-electron chi connectivity index (χ2n) is 5.75. The van der Waals surface area contributed by atoms with Gasteiger partial charge in [-0.15, -0.1) is 0 Å². The second-order valence-corrected chi connectivity index (χ2v) is 6.19. The van der Waals surface area contributed by atoms with Crippen LogP contribution in [0.15, 0.2) is 34.9 Å². The fourth-order valence-corrected chi connectivity index (χ4v) is 2.42. The van der Waals surface area contributed by atoms with E-state index in [0.717, 1.165) is 5.56 Å². The first-order chi connectivity index (χ1) is 11.4. The van der Waals surface area contributed by atoms with Gasteiger partial charge < -0.3 is 14.6 Å². The molecule has 0 aliphatic rings. The number of rotatable bonds is 6. The highest BCUT2D eigenvalue weighted by Gasteiger charge is 2.26. The number of hydrogen-bond donors (Lipinski definition) is 1. The molecule has 128 valence electrons. The van der Waals surface area contributed by atoms with E-state index in [1.165, 1.54) is 0 Å². The minimum atomic E-state index is -0.477. The number of amides is 1. The fourth-order valence-electron chi connectivity index (χ4n) is 2.29. The van der Waals surface area contributed by atoms with Crippen LogP contribution in [0.2, 0.25) is 5.02 Å². The Hall–Kier alpha value is -2.34. The van der Waals surface area contributed by atoms with Crippen LogP contribution >= 0.6 is 11.6 Å². The molecule has 6 nitrogen and oxygen atoms in total. The van der Waals surface area contributed by atoms with Crippen molar-refractivity contribution < 1.29 is 18.8 Å². The van der Waals surface area contributed by atoms with Crippen LogP contribution in [-0.4, -0.2) is 23.6 Å². The van der Waals surface area contributed by atoms with Crippen LogP contribution in [-0.2, 0) is 14.3 Å². The third-order valence-electron chi connectivity index (χ3n) is 3.39. The summed E-state index contributed by atoms with van der Waals surface area (Å²) < 4.78 is 9.99. The number of aromatic nitrogens is 1. The van der Waals surface area contributed by atoms with E-state index in [0.29, 0.717) is 10.8 Å². The maximum atomic E-state index is 12.4. The van der Waals surface area contributed by atoms with E-state index in [1.807, 2.05) is 13.8 Å². The normalized spacial score (nSPS) is 12.0. The molecule has 1 atom stereocenters. The Kier molecular flexibility index (Phi) is 5.98. The van der Waals surface area contributed by atoms with Crippen molar-refractivity contribution in [2.45, 2.75) is 26.7 Å². The van der Waals surface area contributed by atoms with E-state index in [4.69, 9.17) is 20.9 Å². The number of nitrogens with zero attached hydrogens (tertiary/aromatic N) is 1. The van der Waals surface area contributed by atoms with Crippen LogP contribution in [0.1, 0.15) is 31.1 Å². The summed E-state index contributed by atoms with van der Waals surface area (Å²) in [7, 11) is 0. The molecule has 0 aliphatic heterocycles. The quantitative estimate of drug-likeness (QED) is 0.805. The molecule has 1 aromatic heterocycles. The van der Waals surface area contributed by atoms with E-state index >= 15 is 0 Å². The van der Waals surface area contributed by atoms with Gasteiger partial charge in [0.2, 0.25) is 0 Å². The van der Waals surface area contributed by atoms with E-state index in [2.05, 4.69) is 10.5 Å². The summed E-state index contributed by atoms with van der Waals surface area (Å²) in [6.07, 6.45) is 0. The first-order valence-electron chi connectivity index (χ1n) is 7.52. The SMILES string of the molecule is Cc1cc(NC(=O)COC(=O)[C@H](c2ccc(Cl)cc2)C(C)C)no1. The summed E-state index contributed by atoms with van der Waals surface area (Å²) in [6, 6.07) is 8.59. The maximum Gasteiger partial charge on any atom is 0.314 e. The molecule has 1 N–H and O–H groups in total. The Morgan fingerprint density at radius 2 is 1.96 bits per heavy atom. The molecule has 2 aromatic rings. The summed E-state index contributed by atoms with van der Waals surface area (Å²) in [6.45, 7) is 5.15. The fraction of sp³-hybridized carbons (Fsp3) is 0.353. The number of aryl methyl sites for hydroxylation is 1. The number of anilines is 1. The Morgan fingerprint density at radius 3 is 2.50 bits per heavy atom. The summed E-state index contributed by atoms with van der Waals surface area (Å²) in [4.78, 5) is 24.2. The van der Waals surface area contributed by atoms with Gasteiger partial charge in [-0.1, -0.05) is 42.7 Å². The molecule has 2 rings (SSSR count). The Balaban J connectivity index is 1.95. The van der Waals surface area contributed by atoms with Crippen molar-refractivity contribution in [3.63, 3.8) is 0 Å². The smallest absolute Gasteiger partial charge is 0.314 e. The van der Waals surface area contributed by atoms with E-state index < -0.39 is 17.8 Å². The van der Waals surface area contributed by atoms with Crippen molar-refractivity contribution in [2.24, 2.45) is 5.92 Å². The molecule has 0 saturated heterocycles. The Morgan fingerprint density at radius 1 is 1.29 bits per heavy atom. The molecule has 0 spiro atoms. The highest BCUT2D eigenvalue weighted by atomic mass is 35.5. The lowest BCUT2D eigenvalue weighted by Crippen LogP contribution is -2.26. The second kappa shape index (κ2) is 7.97. The van der Waals surface area contributed by atoms with E-state index in [9.17, 15) is 9.59 Å². The van der Waals surface area contributed by atoms with Gasteiger partial charge in [0.1, 0.15) is 5.76 Å². The molecule has 0 saturated carbocycles. The lowest BCUT2D eigenvalue weighted by Gasteiger charge is -2.19. The molecule has 24 heavy (non-hydrogen) atoms. The topological polar surface area (TPSA) is 81.4 Å². The van der Waals surface area contributed by atoms with Crippen LogP contribution in [0.3, 0.4) is 0 Å². The first kappa shape index (κ1) is 18.0. The predicted molar refractivity (Wildman–Crippen MR) is 89.9 cm³/mol. The molecule has 0 unspecified atom stereocenters. The van der Waals surface area contributed by atoms with Crippen LogP contribution in [0.25, 0.3) is 0 Å². The zero-order valence-electron chi connectivity index (χ0n) is 13.7. The number of benzene rings is 1. The maximum absolute atomic E-state index is 12.4. The van der Waals surface area contributed by atoms with Gasteiger partial charge >= 0.3 is 5.97 Å². The highest BCUT2D eigenvalue weighted by Crippen LogP contribution is 2.27. The van der Waals surface area contributed by atoms with Crippen LogP contribution < -0.4 is 5.32 Å². The third-order valence-corrected chi connectivity index (χ3v) is 3.64. The lowest BCUT2D eigenvalue weighted by atomic mass is 9.88. The van der Waals surface area contributed by atoms with Crippen molar-refractivity contribution in [1.29, 1.82) is 0 Å². The molecule has 0 bridgehead atoms. The molecule has 1 aromatic carbocycles. The number of nitrogens with one attached hydrogen (secondary N) is 1. The van der Waals surface area contributed by atoms with Crippen molar-refractivity contribution in [3.8, 4) is 0 Å². The number of esters is 1. The summed E-state index contributed by atoms with van der Waals surface area (Å²) in [5.41, 5.74) is 0.798. The molecular weight excluding hydrogens is 332 g/mol. The minimum absolute atomic E-state index is 0.0138. The van der Waals surface area contributed by atoms with Gasteiger partial charge in [0.25, 0.3) is 5.91 Å². The van der Waals surface area contributed by atoms with Crippen molar-refractivity contribution in [2.75, 3.05) is 11.9 Å². The van der Waals surface area contributed by atoms with E-state index in [-0.39, 0.29) is 18.3 Å². The number of ether oxygens (including phenoxy) is 1. The summed E-state index contributed by atoms with van der Waals surface area (Å²) in [5, 5.41) is 6.73. The van der Waals surface area contributed by atoms with Gasteiger partial charge in [0.15, 0.2) is 12.4 Å². The zero-order chi connectivity index (χ0) is 17.7. The summed E-state index contributed by atoms with van der Waals surface area (Å²) in [5.74, 6) is -0.532. The monoisotopic (exact) mass is 350 g/mol.